The van der Waals surface area contributed by atoms with E-state index in [0.717, 1.165) is 34.6 Å². The summed E-state index contributed by atoms with van der Waals surface area (Å²) in [4.78, 5) is 0.162. The van der Waals surface area contributed by atoms with Crippen LogP contribution in [0.3, 0.4) is 0 Å². The Kier molecular flexibility index (Phi) is 4.06. The van der Waals surface area contributed by atoms with Crippen molar-refractivity contribution in [2.75, 3.05) is 19.8 Å². The predicted molar refractivity (Wildman–Crippen MR) is 80.3 cm³/mol. The van der Waals surface area contributed by atoms with Crippen molar-refractivity contribution in [1.82, 2.24) is 0 Å². The molecule has 5 heteroatoms. The second-order valence-electron chi connectivity index (χ2n) is 5.02. The second-order valence-corrected chi connectivity index (χ2v) is 6.86. The van der Waals surface area contributed by atoms with Gasteiger partial charge in [-0.3, -0.25) is 0 Å². The number of hydrogen-bond acceptors (Lipinski definition) is 3. The van der Waals surface area contributed by atoms with Gasteiger partial charge in [-0.15, -0.1) is 0 Å². The van der Waals surface area contributed by atoms with Crippen LogP contribution in [0.15, 0.2) is 16.6 Å². The minimum absolute atomic E-state index is 0.162. The van der Waals surface area contributed by atoms with Crippen LogP contribution in [0.5, 0.6) is 11.5 Å². The fourth-order valence-corrected chi connectivity index (χ4v) is 4.49. The first-order valence-electron chi connectivity index (χ1n) is 6.51. The van der Waals surface area contributed by atoms with Crippen molar-refractivity contribution in [3.63, 3.8) is 0 Å². The molecule has 0 bridgehead atoms. The molecule has 2 aliphatic heterocycles. The maximum absolute atomic E-state index is 5.84. The first kappa shape index (κ1) is 13.7. The third-order valence-electron chi connectivity index (χ3n) is 3.69. The van der Waals surface area contributed by atoms with Crippen LogP contribution in [0.25, 0.3) is 0 Å². The van der Waals surface area contributed by atoms with Gasteiger partial charge in [0.1, 0.15) is 13.2 Å². The van der Waals surface area contributed by atoms with Crippen molar-refractivity contribution in [1.29, 1.82) is 0 Å². The molecular weight excluding hydrogens is 376 g/mol. The van der Waals surface area contributed by atoms with Crippen molar-refractivity contribution in [3.05, 3.63) is 22.2 Å². The van der Waals surface area contributed by atoms with Gasteiger partial charge in [0, 0.05) is 11.1 Å². The van der Waals surface area contributed by atoms with Gasteiger partial charge in [-0.2, -0.15) is 0 Å². The maximum atomic E-state index is 5.84. The highest BCUT2D eigenvalue weighted by atomic mass is 79.9. The fourth-order valence-electron chi connectivity index (χ4n) is 2.56. The summed E-state index contributed by atoms with van der Waals surface area (Å²) in [7, 11) is 0. The highest BCUT2D eigenvalue weighted by Gasteiger charge is 2.33. The van der Waals surface area contributed by atoms with Crippen molar-refractivity contribution >= 4 is 31.9 Å². The highest BCUT2D eigenvalue weighted by molar-refractivity contribution is 9.11. The monoisotopic (exact) mass is 390 g/mol. The van der Waals surface area contributed by atoms with E-state index in [1.165, 1.54) is 0 Å². The molecule has 3 atom stereocenters. The van der Waals surface area contributed by atoms with Gasteiger partial charge in [0.2, 0.25) is 0 Å². The van der Waals surface area contributed by atoms with Gasteiger partial charge < -0.3 is 14.2 Å². The minimum atomic E-state index is 0.162. The van der Waals surface area contributed by atoms with E-state index in [-0.39, 0.29) is 10.9 Å². The lowest BCUT2D eigenvalue weighted by molar-refractivity contribution is 0.0931. The topological polar surface area (TPSA) is 27.7 Å². The molecule has 0 aliphatic carbocycles. The Balaban J connectivity index is 1.91. The molecular formula is C14H16Br2O3. The summed E-state index contributed by atoms with van der Waals surface area (Å²) in [6.45, 7) is 4.30. The Morgan fingerprint density at radius 2 is 1.84 bits per heavy atom. The Morgan fingerprint density at radius 1 is 1.16 bits per heavy atom. The van der Waals surface area contributed by atoms with Gasteiger partial charge in [0.15, 0.2) is 11.5 Å². The average molecular weight is 392 g/mol. The van der Waals surface area contributed by atoms with Gasteiger partial charge in [0.25, 0.3) is 0 Å². The van der Waals surface area contributed by atoms with Crippen LogP contribution in [0.1, 0.15) is 23.7 Å². The minimum Gasteiger partial charge on any atom is -0.486 e. The molecule has 104 valence electrons. The third kappa shape index (κ3) is 2.65. The van der Waals surface area contributed by atoms with E-state index in [1.807, 2.05) is 12.1 Å². The summed E-state index contributed by atoms with van der Waals surface area (Å²) < 4.78 is 18.1. The number of alkyl halides is 1. The van der Waals surface area contributed by atoms with Gasteiger partial charge in [0.05, 0.1) is 10.9 Å². The van der Waals surface area contributed by atoms with Crippen LogP contribution in [-0.4, -0.2) is 25.9 Å². The van der Waals surface area contributed by atoms with Crippen LogP contribution in [0.2, 0.25) is 0 Å². The van der Waals surface area contributed by atoms with E-state index >= 15 is 0 Å². The molecule has 0 N–H and O–H groups in total. The zero-order valence-electron chi connectivity index (χ0n) is 10.7. The largest absolute Gasteiger partial charge is 0.486 e. The number of benzene rings is 1. The van der Waals surface area contributed by atoms with E-state index in [0.29, 0.717) is 19.1 Å². The highest BCUT2D eigenvalue weighted by Crippen LogP contribution is 2.44. The van der Waals surface area contributed by atoms with E-state index < -0.39 is 0 Å². The van der Waals surface area contributed by atoms with Gasteiger partial charge in [-0.25, -0.2) is 0 Å². The summed E-state index contributed by atoms with van der Waals surface area (Å²) in [6, 6.07) is 4.03. The molecule has 0 aromatic heterocycles. The standard InChI is InChI=1S/C14H16Br2O3/c1-8-2-3-19-14(8)13(16)9-6-11-12(7-10(9)15)18-5-4-17-11/h6-8,13-14H,2-5H2,1H3. The molecule has 3 rings (SSSR count). The molecule has 2 aliphatic rings. The van der Waals surface area contributed by atoms with Crippen LogP contribution in [0.4, 0.5) is 0 Å². The lowest BCUT2D eigenvalue weighted by Crippen LogP contribution is -2.20. The molecule has 0 radical (unpaired) electrons. The van der Waals surface area contributed by atoms with Gasteiger partial charge in [-0.1, -0.05) is 38.8 Å². The Morgan fingerprint density at radius 3 is 2.47 bits per heavy atom. The SMILES string of the molecule is CC1CCOC1C(Br)c1cc2c(cc1Br)OCCO2. The van der Waals surface area contributed by atoms with Crippen LogP contribution in [0, 0.1) is 5.92 Å². The maximum Gasteiger partial charge on any atom is 0.162 e. The van der Waals surface area contributed by atoms with E-state index in [9.17, 15) is 0 Å². The second kappa shape index (κ2) is 5.62. The van der Waals surface area contributed by atoms with Crippen molar-refractivity contribution in [2.45, 2.75) is 24.3 Å². The number of fused-ring (bicyclic) bond motifs is 1. The lowest BCUT2D eigenvalue weighted by Gasteiger charge is -2.25. The lowest BCUT2D eigenvalue weighted by atomic mass is 9.97. The summed E-state index contributed by atoms with van der Waals surface area (Å²) in [5, 5.41) is 0. The molecule has 1 fully saturated rings. The number of hydrogen-bond donors (Lipinski definition) is 0. The van der Waals surface area contributed by atoms with Gasteiger partial charge in [-0.05, 0) is 30.0 Å². The molecule has 0 spiro atoms. The first-order chi connectivity index (χ1) is 9.16. The van der Waals surface area contributed by atoms with Crippen LogP contribution >= 0.6 is 31.9 Å². The van der Waals surface area contributed by atoms with Crippen molar-refractivity contribution in [2.24, 2.45) is 5.92 Å². The molecule has 0 amide bonds. The Bertz CT molecular complexity index is 478. The fraction of sp³-hybridized carbons (Fsp3) is 0.571. The molecule has 3 unspecified atom stereocenters. The first-order valence-corrected chi connectivity index (χ1v) is 8.22. The van der Waals surface area contributed by atoms with E-state index in [1.54, 1.807) is 0 Å². The Labute approximate surface area is 129 Å². The van der Waals surface area contributed by atoms with Crippen LogP contribution in [-0.2, 0) is 4.74 Å². The summed E-state index contributed by atoms with van der Waals surface area (Å²) in [5.41, 5.74) is 1.16. The van der Waals surface area contributed by atoms with E-state index in [4.69, 9.17) is 14.2 Å². The van der Waals surface area contributed by atoms with Crippen molar-refractivity contribution < 1.29 is 14.2 Å². The molecule has 0 saturated carbocycles. The van der Waals surface area contributed by atoms with E-state index in [2.05, 4.69) is 38.8 Å². The quantitative estimate of drug-likeness (QED) is 0.711. The summed E-state index contributed by atoms with van der Waals surface area (Å²) in [6.07, 6.45) is 1.33. The molecule has 19 heavy (non-hydrogen) atoms. The number of rotatable bonds is 2. The van der Waals surface area contributed by atoms with Crippen molar-refractivity contribution in [3.8, 4) is 11.5 Å². The normalized spacial score (nSPS) is 27.3. The molecule has 1 aromatic carbocycles. The molecule has 3 nitrogen and oxygen atoms in total. The average Bonchev–Trinajstić information content (AvgIpc) is 2.83. The summed E-state index contributed by atoms with van der Waals surface area (Å²) in [5.74, 6) is 2.19. The molecule has 1 aromatic rings. The zero-order valence-corrected chi connectivity index (χ0v) is 13.9. The number of ether oxygens (including phenoxy) is 3. The zero-order chi connectivity index (χ0) is 13.4. The predicted octanol–water partition coefficient (Wildman–Crippen LogP) is 4.08. The molecule has 1 saturated heterocycles. The number of halogens is 2. The Hall–Kier alpha value is -0.260. The smallest absolute Gasteiger partial charge is 0.162 e. The molecule has 2 heterocycles. The van der Waals surface area contributed by atoms with Crippen LogP contribution < -0.4 is 9.47 Å². The third-order valence-corrected chi connectivity index (χ3v) is 5.39. The van der Waals surface area contributed by atoms with Gasteiger partial charge >= 0.3 is 0 Å². The summed E-state index contributed by atoms with van der Waals surface area (Å²) >= 11 is 7.40.